The van der Waals surface area contributed by atoms with Gasteiger partial charge in [0.15, 0.2) is 5.66 Å². The molecule has 1 heterocycles. The first-order valence-corrected chi connectivity index (χ1v) is 7.06. The summed E-state index contributed by atoms with van der Waals surface area (Å²) >= 11 is 0. The van der Waals surface area contributed by atoms with E-state index in [1.54, 1.807) is 0 Å². The molecule has 1 aliphatic rings. The summed E-state index contributed by atoms with van der Waals surface area (Å²) in [4.78, 5) is 10.2. The molecular weight excluding hydrogens is 260 g/mol. The number of nitrogens with one attached hydrogen (secondary N) is 1. The maximum Gasteiger partial charge on any atom is 0.155 e. The van der Waals surface area contributed by atoms with Crippen LogP contribution in [-0.4, -0.2) is 11.9 Å². The lowest BCUT2D eigenvalue weighted by atomic mass is 10.0. The SMILES string of the molecule is C1=CC(Cc2ccccc2)(NOCc2ccccc2)N=C1. The highest BCUT2D eigenvalue weighted by Crippen LogP contribution is 2.20. The van der Waals surface area contributed by atoms with Crippen molar-refractivity contribution in [2.24, 2.45) is 4.99 Å². The molecule has 0 saturated heterocycles. The minimum atomic E-state index is -0.504. The molecule has 2 aromatic rings. The van der Waals surface area contributed by atoms with Crippen LogP contribution in [0.1, 0.15) is 11.1 Å². The number of aliphatic imine (C=N–C) groups is 1. The van der Waals surface area contributed by atoms with Crippen LogP contribution in [0.5, 0.6) is 0 Å². The van der Waals surface area contributed by atoms with Crippen molar-refractivity contribution in [2.75, 3.05) is 0 Å². The van der Waals surface area contributed by atoms with Gasteiger partial charge in [-0.1, -0.05) is 60.7 Å². The molecule has 1 unspecified atom stereocenters. The summed E-state index contributed by atoms with van der Waals surface area (Å²) in [6.07, 6.45) is 6.55. The van der Waals surface area contributed by atoms with Gasteiger partial charge >= 0.3 is 0 Å². The maximum atomic E-state index is 5.66. The first-order valence-electron chi connectivity index (χ1n) is 7.06. The molecule has 21 heavy (non-hydrogen) atoms. The molecule has 0 saturated carbocycles. The summed E-state index contributed by atoms with van der Waals surface area (Å²) < 4.78 is 0. The third-order valence-corrected chi connectivity index (χ3v) is 3.41. The number of hydrogen-bond donors (Lipinski definition) is 1. The number of nitrogens with zero attached hydrogens (tertiary/aromatic N) is 1. The number of rotatable bonds is 6. The lowest BCUT2D eigenvalue weighted by Crippen LogP contribution is -2.42. The van der Waals surface area contributed by atoms with Crippen LogP contribution < -0.4 is 5.48 Å². The fourth-order valence-corrected chi connectivity index (χ4v) is 2.35. The van der Waals surface area contributed by atoms with Crippen LogP contribution in [-0.2, 0) is 17.9 Å². The van der Waals surface area contributed by atoms with Crippen LogP contribution in [0.15, 0.2) is 77.8 Å². The Morgan fingerprint density at radius 3 is 2.19 bits per heavy atom. The second-order valence-electron chi connectivity index (χ2n) is 5.10. The fourth-order valence-electron chi connectivity index (χ4n) is 2.35. The van der Waals surface area contributed by atoms with E-state index in [0.29, 0.717) is 6.61 Å². The molecule has 3 heteroatoms. The van der Waals surface area contributed by atoms with Gasteiger partial charge < -0.3 is 0 Å². The van der Waals surface area contributed by atoms with Gasteiger partial charge in [-0.05, 0) is 23.3 Å². The Labute approximate surface area is 124 Å². The van der Waals surface area contributed by atoms with Gasteiger partial charge in [-0.2, -0.15) is 5.48 Å². The molecule has 0 aliphatic carbocycles. The quantitative estimate of drug-likeness (QED) is 0.823. The van der Waals surface area contributed by atoms with Crippen molar-refractivity contribution in [3.8, 4) is 0 Å². The van der Waals surface area contributed by atoms with Gasteiger partial charge in [-0.3, -0.25) is 9.83 Å². The van der Waals surface area contributed by atoms with Crippen molar-refractivity contribution >= 4 is 6.21 Å². The summed E-state index contributed by atoms with van der Waals surface area (Å²) in [5.74, 6) is 0. The molecule has 1 N–H and O–H groups in total. The predicted molar refractivity (Wildman–Crippen MR) is 84.9 cm³/mol. The van der Waals surface area contributed by atoms with Crippen molar-refractivity contribution in [3.63, 3.8) is 0 Å². The zero-order valence-corrected chi connectivity index (χ0v) is 11.8. The van der Waals surface area contributed by atoms with E-state index in [1.807, 2.05) is 66.9 Å². The smallest absolute Gasteiger partial charge is 0.155 e. The van der Waals surface area contributed by atoms with Gasteiger partial charge in [-0.25, -0.2) is 0 Å². The molecule has 106 valence electrons. The van der Waals surface area contributed by atoms with Gasteiger partial charge in [0.25, 0.3) is 0 Å². The highest BCUT2D eigenvalue weighted by molar-refractivity contribution is 5.75. The van der Waals surface area contributed by atoms with Gasteiger partial charge in [0.05, 0.1) is 6.61 Å². The van der Waals surface area contributed by atoms with E-state index in [1.165, 1.54) is 5.56 Å². The molecular formula is C18H18N2O. The monoisotopic (exact) mass is 278 g/mol. The van der Waals surface area contributed by atoms with Crippen molar-refractivity contribution < 1.29 is 4.84 Å². The molecule has 0 radical (unpaired) electrons. The summed E-state index contributed by atoms with van der Waals surface area (Å²) in [5.41, 5.74) is 4.95. The van der Waals surface area contributed by atoms with Crippen molar-refractivity contribution in [2.45, 2.75) is 18.7 Å². The summed E-state index contributed by atoms with van der Waals surface area (Å²) in [7, 11) is 0. The Hall–Kier alpha value is -2.23. The average molecular weight is 278 g/mol. The number of hydroxylamine groups is 1. The van der Waals surface area contributed by atoms with Crippen LogP contribution in [0.3, 0.4) is 0 Å². The molecule has 0 spiro atoms. The molecule has 0 fully saturated rings. The largest absolute Gasteiger partial charge is 0.294 e. The number of hydrogen-bond acceptors (Lipinski definition) is 3. The normalized spacial score (nSPS) is 20.0. The highest BCUT2D eigenvalue weighted by Gasteiger charge is 2.28. The zero-order chi connectivity index (χ0) is 14.4. The van der Waals surface area contributed by atoms with Crippen LogP contribution in [0.4, 0.5) is 0 Å². The third-order valence-electron chi connectivity index (χ3n) is 3.41. The van der Waals surface area contributed by atoms with Crippen LogP contribution in [0.2, 0.25) is 0 Å². The van der Waals surface area contributed by atoms with E-state index < -0.39 is 5.66 Å². The molecule has 0 bridgehead atoms. The first-order chi connectivity index (χ1) is 10.4. The van der Waals surface area contributed by atoms with Crippen molar-refractivity contribution in [3.05, 3.63) is 83.9 Å². The van der Waals surface area contributed by atoms with E-state index in [2.05, 4.69) is 22.6 Å². The molecule has 1 aliphatic heterocycles. The second kappa shape index (κ2) is 6.48. The second-order valence-corrected chi connectivity index (χ2v) is 5.10. The minimum Gasteiger partial charge on any atom is -0.294 e. The zero-order valence-electron chi connectivity index (χ0n) is 11.8. The number of benzene rings is 2. The summed E-state index contributed by atoms with van der Waals surface area (Å²) in [6.45, 7) is 0.515. The lowest BCUT2D eigenvalue weighted by molar-refractivity contribution is -0.0159. The molecule has 3 rings (SSSR count). The third kappa shape index (κ3) is 3.66. The molecule has 2 aromatic carbocycles. The van der Waals surface area contributed by atoms with Crippen LogP contribution >= 0.6 is 0 Å². The van der Waals surface area contributed by atoms with Gasteiger partial charge in [0, 0.05) is 12.6 Å². The molecule has 3 nitrogen and oxygen atoms in total. The van der Waals surface area contributed by atoms with Gasteiger partial charge in [-0.15, -0.1) is 0 Å². The van der Waals surface area contributed by atoms with Crippen LogP contribution in [0, 0.1) is 0 Å². The lowest BCUT2D eigenvalue weighted by Gasteiger charge is -2.25. The summed E-state index contributed by atoms with van der Waals surface area (Å²) in [5, 5.41) is 0. The van der Waals surface area contributed by atoms with E-state index in [0.717, 1.165) is 12.0 Å². The van der Waals surface area contributed by atoms with E-state index >= 15 is 0 Å². The Balaban J connectivity index is 1.62. The minimum absolute atomic E-state index is 0.504. The van der Waals surface area contributed by atoms with Gasteiger partial charge in [0.2, 0.25) is 0 Å². The average Bonchev–Trinajstić information content (AvgIpc) is 2.98. The van der Waals surface area contributed by atoms with Gasteiger partial charge in [0.1, 0.15) is 0 Å². The number of allylic oxidation sites excluding steroid dienone is 1. The van der Waals surface area contributed by atoms with Crippen molar-refractivity contribution in [1.29, 1.82) is 0 Å². The van der Waals surface area contributed by atoms with E-state index in [-0.39, 0.29) is 0 Å². The van der Waals surface area contributed by atoms with Crippen LogP contribution in [0.25, 0.3) is 0 Å². The Morgan fingerprint density at radius 2 is 1.57 bits per heavy atom. The topological polar surface area (TPSA) is 33.6 Å². The van der Waals surface area contributed by atoms with E-state index in [4.69, 9.17) is 4.84 Å². The van der Waals surface area contributed by atoms with E-state index in [9.17, 15) is 0 Å². The molecule has 1 atom stereocenters. The standard InChI is InChI=1S/C18H18N2O/c1-3-8-16(9-4-1)14-18(12-7-13-19-18)20-21-15-17-10-5-2-6-11-17/h1-13,20H,14-15H2. The maximum absolute atomic E-state index is 5.66. The fraction of sp³-hybridized carbons (Fsp3) is 0.167. The molecule has 0 aromatic heterocycles. The molecule has 0 amide bonds. The first kappa shape index (κ1) is 13.7. The predicted octanol–water partition coefficient (Wildman–Crippen LogP) is 3.29. The van der Waals surface area contributed by atoms with Crippen molar-refractivity contribution in [1.82, 2.24) is 5.48 Å². The Morgan fingerprint density at radius 1 is 0.905 bits per heavy atom. The Kier molecular flexibility index (Phi) is 4.24. The highest BCUT2D eigenvalue weighted by atomic mass is 16.6. The summed E-state index contributed by atoms with van der Waals surface area (Å²) in [6, 6.07) is 20.4. The Bertz CT molecular complexity index is 608.